The zero-order valence-electron chi connectivity index (χ0n) is 22.9. The van der Waals surface area contributed by atoms with Crippen LogP contribution in [-0.4, -0.2) is 39.5 Å². The topological polar surface area (TPSA) is 85.2 Å². The number of aryl methyl sites for hydroxylation is 1. The molecule has 0 atom stereocenters. The maximum atomic E-state index is 13.5. The summed E-state index contributed by atoms with van der Waals surface area (Å²) in [7, 11) is 0. The van der Waals surface area contributed by atoms with Gasteiger partial charge in [-0.3, -0.25) is 15.9 Å². The number of allylic oxidation sites excluding steroid dienone is 2. The van der Waals surface area contributed by atoms with E-state index in [1.165, 1.54) is 0 Å². The van der Waals surface area contributed by atoms with E-state index >= 15 is 0 Å². The standard InChI is InChI=1S/C29H35N4O3.CH3.Y/c1-5-22-20-32(27(36)17-11-10-16-26(35)21(3)4)25-15-9-8-14-24(25)29-28(23(22)6-2)30-31-33(29)18-12-7-13-19-34;;/h5-6,8-9,14-15,21H,1-2,7,10-13,16-18,20H2,3-4H3;1H3;/q2*-1;/b23-22-;;. The van der Waals surface area contributed by atoms with Crippen molar-refractivity contribution in [2.75, 3.05) is 11.4 Å². The summed E-state index contributed by atoms with van der Waals surface area (Å²) in [6.45, 7) is 12.7. The van der Waals surface area contributed by atoms with E-state index in [2.05, 4.69) is 23.5 Å². The molecule has 0 N–H and O–H groups in total. The van der Waals surface area contributed by atoms with Gasteiger partial charge in [0.25, 0.3) is 0 Å². The molecule has 2 aromatic rings. The van der Waals surface area contributed by atoms with Crippen LogP contribution in [0.25, 0.3) is 16.8 Å². The van der Waals surface area contributed by atoms with E-state index in [9.17, 15) is 14.4 Å². The number of ketones is 1. The van der Waals surface area contributed by atoms with Crippen molar-refractivity contribution in [2.24, 2.45) is 5.92 Å². The third-order valence-electron chi connectivity index (χ3n) is 6.47. The molecule has 0 unspecified atom stereocenters. The number of hydrogen-bond donors (Lipinski definition) is 0. The second-order valence-electron chi connectivity index (χ2n) is 9.28. The minimum absolute atomic E-state index is 0. The Morgan fingerprint density at radius 1 is 1.08 bits per heavy atom. The summed E-state index contributed by atoms with van der Waals surface area (Å²) < 4.78 is 1.84. The first-order valence-electron chi connectivity index (χ1n) is 12.6. The third kappa shape index (κ3) is 8.00. The van der Waals surface area contributed by atoms with Crippen LogP contribution in [0.4, 0.5) is 5.69 Å². The molecule has 1 amide bonds. The predicted octanol–water partition coefficient (Wildman–Crippen LogP) is 5.93. The summed E-state index contributed by atoms with van der Waals surface area (Å²) in [4.78, 5) is 37.9. The molecule has 2 heterocycles. The molecule has 1 radical (unpaired) electrons. The van der Waals surface area contributed by atoms with E-state index in [0.717, 1.165) is 34.5 Å². The van der Waals surface area contributed by atoms with Crippen LogP contribution in [0.3, 0.4) is 0 Å². The van der Waals surface area contributed by atoms with Crippen LogP contribution in [0, 0.1) is 13.3 Å². The summed E-state index contributed by atoms with van der Waals surface area (Å²) in [5.41, 5.74) is 4.80. The SMILES string of the molecule is C=C/C1=C(\C=C)c2nnn(CCCC[C-]=O)c2-c2ccccc2N(C(=O)CCCCC(=O)C(C)C)C1.[CH3-].[Y]. The molecule has 0 saturated carbocycles. The molecule has 1 aliphatic rings. The second-order valence-corrected chi connectivity index (χ2v) is 9.28. The molecule has 0 aliphatic carbocycles. The molecule has 1 aromatic carbocycles. The number of nitrogens with zero attached hydrogens (tertiary/aromatic N) is 4. The quantitative estimate of drug-likeness (QED) is 0.213. The number of unbranched alkanes of at least 4 members (excludes halogenated alkanes) is 3. The fourth-order valence-electron chi connectivity index (χ4n) is 4.40. The average Bonchev–Trinajstić information content (AvgIpc) is 3.28. The van der Waals surface area contributed by atoms with Gasteiger partial charge < -0.3 is 17.1 Å². The van der Waals surface area contributed by atoms with Crippen molar-refractivity contribution in [3.8, 4) is 11.3 Å². The van der Waals surface area contributed by atoms with Crippen molar-refractivity contribution >= 4 is 29.2 Å². The molecule has 1 aromatic heterocycles. The first-order chi connectivity index (χ1) is 17.4. The van der Waals surface area contributed by atoms with Crippen LogP contribution in [0.1, 0.15) is 64.5 Å². The van der Waals surface area contributed by atoms with Crippen LogP contribution in [0.5, 0.6) is 0 Å². The van der Waals surface area contributed by atoms with Crippen LogP contribution in [0.2, 0.25) is 0 Å². The van der Waals surface area contributed by atoms with Crippen molar-refractivity contribution in [3.05, 3.63) is 68.3 Å². The van der Waals surface area contributed by atoms with Gasteiger partial charge in [0.2, 0.25) is 5.91 Å². The van der Waals surface area contributed by atoms with E-state index in [1.54, 1.807) is 17.1 Å². The number of rotatable bonds is 13. The zero-order chi connectivity index (χ0) is 26.1. The van der Waals surface area contributed by atoms with Crippen molar-refractivity contribution in [1.29, 1.82) is 0 Å². The molecule has 0 fully saturated rings. The van der Waals surface area contributed by atoms with Gasteiger partial charge in [0.1, 0.15) is 11.5 Å². The maximum absolute atomic E-state index is 13.5. The molecular weight excluding hydrogens is 553 g/mol. The number of aromatic nitrogens is 3. The normalized spacial score (nSPS) is 14.2. The first kappa shape index (κ1) is 33.5. The smallest absolute Gasteiger partial charge is 0.227 e. The number of fused-ring (bicyclic) bond motifs is 3. The second kappa shape index (κ2) is 16.5. The Labute approximate surface area is 252 Å². The predicted molar refractivity (Wildman–Crippen MR) is 149 cm³/mol. The van der Waals surface area contributed by atoms with Crippen molar-refractivity contribution in [2.45, 2.75) is 65.3 Å². The number of carbonyl (C=O) groups is 2. The van der Waals surface area contributed by atoms with Gasteiger partial charge >= 0.3 is 0 Å². The number of carbonyl (C=O) groups excluding carboxylic acids is 3. The molecule has 3 rings (SSSR count). The summed E-state index contributed by atoms with van der Waals surface area (Å²) >= 11 is 0. The number of anilines is 1. The third-order valence-corrected chi connectivity index (χ3v) is 6.47. The molecule has 0 bridgehead atoms. The van der Waals surface area contributed by atoms with Crippen molar-refractivity contribution in [1.82, 2.24) is 15.0 Å². The molecule has 0 spiro atoms. The summed E-state index contributed by atoms with van der Waals surface area (Å²) in [6.07, 6.45) is 9.46. The number of Topliss-reactive ketones (excluding diaryl/α,β-unsaturated/α-hetero) is 1. The van der Waals surface area contributed by atoms with Crippen LogP contribution >= 0.6 is 0 Å². The summed E-state index contributed by atoms with van der Waals surface area (Å²) in [5.74, 6) is 0.237. The van der Waals surface area contributed by atoms with Gasteiger partial charge in [-0.15, -0.1) is 5.10 Å². The molecule has 0 saturated heterocycles. The Bertz CT molecular complexity index is 1170. The van der Waals surface area contributed by atoms with Crippen molar-refractivity contribution in [3.63, 3.8) is 0 Å². The number of para-hydroxylation sites is 1. The Kier molecular flexibility index (Phi) is 14.5. The molecule has 1 aliphatic heterocycles. The van der Waals surface area contributed by atoms with Gasteiger partial charge in [0, 0.05) is 69.2 Å². The Hall–Kier alpha value is -2.51. The Morgan fingerprint density at radius 3 is 2.45 bits per heavy atom. The van der Waals surface area contributed by atoms with Crippen LogP contribution in [-0.2, 0) is 53.6 Å². The van der Waals surface area contributed by atoms with Gasteiger partial charge in [0.05, 0.1) is 17.9 Å². The van der Waals surface area contributed by atoms with E-state index < -0.39 is 0 Å². The van der Waals surface area contributed by atoms with E-state index in [-0.39, 0.29) is 57.7 Å². The molecule has 7 nitrogen and oxygen atoms in total. The fraction of sp³-hybridized carbons (Fsp3) is 0.400. The Balaban J connectivity index is 0.00000361. The van der Waals surface area contributed by atoms with Gasteiger partial charge in [-0.25, -0.2) is 4.68 Å². The number of amides is 1. The number of benzene rings is 1. The number of hydrogen-bond acceptors (Lipinski definition) is 5. The van der Waals surface area contributed by atoms with Crippen molar-refractivity contribution < 1.29 is 47.1 Å². The molecular formula is C30H38N4O3Y-2. The maximum Gasteiger partial charge on any atom is 0.227 e. The van der Waals surface area contributed by atoms with E-state index in [1.807, 2.05) is 49.1 Å². The minimum Gasteiger partial charge on any atom is -0.542 e. The molecule has 8 heteroatoms. The summed E-state index contributed by atoms with van der Waals surface area (Å²) in [5, 5.41) is 8.91. The van der Waals surface area contributed by atoms with Gasteiger partial charge in [-0.1, -0.05) is 69.0 Å². The summed E-state index contributed by atoms with van der Waals surface area (Å²) in [6, 6.07) is 7.78. The van der Waals surface area contributed by atoms with Crippen LogP contribution < -0.4 is 4.90 Å². The first-order valence-corrected chi connectivity index (χ1v) is 12.6. The fourth-order valence-corrected chi connectivity index (χ4v) is 4.40. The van der Waals surface area contributed by atoms with Gasteiger partial charge in [-0.05, 0) is 30.9 Å². The monoisotopic (exact) mass is 591 g/mol. The largest absolute Gasteiger partial charge is 0.542 e. The Morgan fingerprint density at radius 2 is 1.79 bits per heavy atom. The molecule has 201 valence electrons. The van der Waals surface area contributed by atoms with E-state index in [4.69, 9.17) is 0 Å². The van der Waals surface area contributed by atoms with Gasteiger partial charge in [0.15, 0.2) is 0 Å². The van der Waals surface area contributed by atoms with Gasteiger partial charge in [-0.2, -0.15) is 6.42 Å². The minimum atomic E-state index is -0.00815. The molecule has 38 heavy (non-hydrogen) atoms. The zero-order valence-corrected chi connectivity index (χ0v) is 25.7. The van der Waals surface area contributed by atoms with E-state index in [0.29, 0.717) is 57.3 Å². The average molecular weight is 592 g/mol. The van der Waals surface area contributed by atoms with Crippen LogP contribution in [0.15, 0.2) is 55.1 Å².